The Labute approximate surface area is 189 Å². The second-order valence-corrected chi connectivity index (χ2v) is 7.37. The van der Waals surface area contributed by atoms with E-state index in [-0.39, 0.29) is 43.8 Å². The zero-order valence-electron chi connectivity index (χ0n) is 18.8. The van der Waals surface area contributed by atoms with Crippen LogP contribution < -0.4 is 34.9 Å². The van der Waals surface area contributed by atoms with E-state index in [0.29, 0.717) is 6.54 Å². The number of hydrogen-bond donors (Lipinski definition) is 3. The Hall–Kier alpha value is -0.100. The van der Waals surface area contributed by atoms with Crippen molar-refractivity contribution in [3.05, 3.63) is 0 Å². The van der Waals surface area contributed by atoms with E-state index in [1.165, 1.54) is 77.0 Å². The molecule has 0 bridgehead atoms. The van der Waals surface area contributed by atoms with Crippen LogP contribution in [0.4, 0.5) is 0 Å². The van der Waals surface area contributed by atoms with Gasteiger partial charge in [0.1, 0.15) is 6.04 Å². The maximum atomic E-state index is 11.0. The van der Waals surface area contributed by atoms with Crippen LogP contribution in [0.3, 0.4) is 0 Å². The molecule has 6 heteroatoms. The number of hydrogen-bond acceptors (Lipinski definition) is 3. The largest absolute Gasteiger partial charge is 1.00 e. The van der Waals surface area contributed by atoms with Gasteiger partial charge < -0.3 is 17.0 Å². The number of carboxylic acid groups (broad SMARTS) is 2. The van der Waals surface area contributed by atoms with Crippen LogP contribution in [0, 0.1) is 0 Å². The van der Waals surface area contributed by atoms with E-state index in [1.807, 2.05) is 0 Å². The van der Waals surface area contributed by atoms with Gasteiger partial charge in [0.2, 0.25) is 0 Å². The van der Waals surface area contributed by atoms with Crippen LogP contribution in [-0.2, 0) is 9.59 Å². The summed E-state index contributed by atoms with van der Waals surface area (Å²) < 4.78 is 0. The van der Waals surface area contributed by atoms with Gasteiger partial charge in [0, 0.05) is 6.42 Å². The molecule has 0 radical (unpaired) electrons. The smallest absolute Gasteiger partial charge is 1.00 e. The van der Waals surface area contributed by atoms with Crippen molar-refractivity contribution >= 4 is 11.9 Å². The van der Waals surface area contributed by atoms with Crippen LogP contribution >= 0.6 is 0 Å². The molecule has 3 N–H and O–H groups in total. The molecule has 0 aromatic heterocycles. The average Bonchev–Trinajstić information content (AvgIpc) is 2.60. The molecule has 0 saturated carbocycles. The number of carboxylic acids is 2. The van der Waals surface area contributed by atoms with Crippen LogP contribution in [0.15, 0.2) is 0 Å². The normalized spacial score (nSPS) is 11.7. The summed E-state index contributed by atoms with van der Waals surface area (Å²) in [4.78, 5) is 21.6. The van der Waals surface area contributed by atoms with Crippen LogP contribution in [0.1, 0.15) is 111 Å². The van der Waals surface area contributed by atoms with Gasteiger partial charge in [0.15, 0.2) is 0 Å². The van der Waals surface area contributed by atoms with E-state index >= 15 is 0 Å². The van der Waals surface area contributed by atoms with Gasteiger partial charge in [-0.05, 0) is 19.4 Å². The third-order valence-electron chi connectivity index (χ3n) is 4.87. The van der Waals surface area contributed by atoms with Crippen molar-refractivity contribution in [2.75, 3.05) is 6.54 Å². The molecule has 0 aliphatic carbocycles. The van der Waals surface area contributed by atoms with Crippen LogP contribution in [0.5, 0.6) is 0 Å². The van der Waals surface area contributed by atoms with E-state index in [1.54, 1.807) is 0 Å². The first kappa shape index (κ1) is 29.1. The zero-order chi connectivity index (χ0) is 19.5. The Kier molecular flexibility index (Phi) is 23.9. The van der Waals surface area contributed by atoms with E-state index in [2.05, 4.69) is 12.2 Å². The average molecular weight is 396 g/mol. The third kappa shape index (κ3) is 22.1. The Morgan fingerprint density at radius 1 is 0.778 bits per heavy atom. The first-order valence-electron chi connectivity index (χ1n) is 10.8. The Bertz CT molecular complexity index is 359. The summed E-state index contributed by atoms with van der Waals surface area (Å²) in [6.45, 7) is 2.90. The molecule has 0 aliphatic rings. The van der Waals surface area contributed by atoms with Gasteiger partial charge in [-0.1, -0.05) is 90.4 Å². The predicted molar refractivity (Wildman–Crippen MR) is 108 cm³/mol. The van der Waals surface area contributed by atoms with E-state index < -0.39 is 18.0 Å². The van der Waals surface area contributed by atoms with Crippen molar-refractivity contribution < 1.29 is 50.8 Å². The Morgan fingerprint density at radius 3 is 1.56 bits per heavy atom. The minimum atomic E-state index is -0.961. The van der Waals surface area contributed by atoms with Gasteiger partial charge in [-0.3, -0.25) is 9.59 Å². The molecule has 0 saturated heterocycles. The molecule has 0 spiro atoms. The second-order valence-electron chi connectivity index (χ2n) is 7.37. The summed E-state index contributed by atoms with van der Waals surface area (Å²) in [5.74, 6) is -1.91. The quantitative estimate of drug-likeness (QED) is 0.218. The summed E-state index contributed by atoms with van der Waals surface area (Å²) in [7, 11) is 0. The number of nitrogens with one attached hydrogen (secondary N) is 1. The number of carbonyl (C=O) groups is 2. The molecule has 27 heavy (non-hydrogen) atoms. The summed E-state index contributed by atoms with van der Waals surface area (Å²) >= 11 is 0. The minimum Gasteiger partial charge on any atom is -1.00 e. The molecule has 0 rings (SSSR count). The van der Waals surface area contributed by atoms with Gasteiger partial charge in [-0.15, -0.1) is 0 Å². The number of unbranched alkanes of at least 4 members (excludes halogenated alkanes) is 13. The summed E-state index contributed by atoms with van der Waals surface area (Å²) in [5, 5.41) is 20.6. The van der Waals surface area contributed by atoms with E-state index in [0.717, 1.165) is 12.8 Å². The maximum Gasteiger partial charge on any atom is 1.00 e. The molecular weight excluding hydrogens is 353 g/mol. The molecule has 0 aliphatic heterocycles. The predicted octanol–water partition coefficient (Wildman–Crippen LogP) is 2.49. The first-order valence-corrected chi connectivity index (χ1v) is 10.8. The van der Waals surface area contributed by atoms with Crippen molar-refractivity contribution in [1.29, 1.82) is 0 Å². The number of aliphatic carboxylic acids is 2. The van der Waals surface area contributed by atoms with E-state index in [4.69, 9.17) is 10.2 Å². The summed E-state index contributed by atoms with van der Waals surface area (Å²) in [6.07, 6.45) is 18.2. The molecule has 1 unspecified atom stereocenters. The van der Waals surface area contributed by atoms with Crippen LogP contribution in [-0.4, -0.2) is 34.7 Å². The molecule has 5 nitrogen and oxygen atoms in total. The molecule has 156 valence electrons. The van der Waals surface area contributed by atoms with Crippen LogP contribution in [0.25, 0.3) is 0 Å². The van der Waals surface area contributed by atoms with Crippen molar-refractivity contribution in [2.24, 2.45) is 0 Å². The fourth-order valence-corrected chi connectivity index (χ4v) is 3.18. The molecule has 0 aromatic rings. The molecule has 0 heterocycles. The standard InChI is InChI=1S/C21H41NO4.Na.H/c1-2-3-4-5-6-7-8-9-10-11-12-13-14-15-18-22-19(21(25)26)16-17-20(23)24;;/h19,22H,2-18H2,1H3,(H,23,24)(H,25,26);;/q;+1;-1. The number of rotatable bonds is 20. The monoisotopic (exact) mass is 395 g/mol. The Balaban J connectivity index is -0.00000312. The minimum absolute atomic E-state index is 0. The van der Waals surface area contributed by atoms with Crippen LogP contribution in [0.2, 0.25) is 0 Å². The molecule has 0 aromatic carbocycles. The topological polar surface area (TPSA) is 86.6 Å². The zero-order valence-corrected chi connectivity index (χ0v) is 19.8. The molecule has 1 atom stereocenters. The van der Waals surface area contributed by atoms with Crippen molar-refractivity contribution in [3.8, 4) is 0 Å². The van der Waals surface area contributed by atoms with Gasteiger partial charge in [-0.25, -0.2) is 0 Å². The summed E-state index contributed by atoms with van der Waals surface area (Å²) in [6, 6.07) is -0.743. The van der Waals surface area contributed by atoms with Crippen molar-refractivity contribution in [1.82, 2.24) is 5.32 Å². The van der Waals surface area contributed by atoms with E-state index in [9.17, 15) is 9.59 Å². The van der Waals surface area contributed by atoms with Crippen molar-refractivity contribution in [3.63, 3.8) is 0 Å². The van der Waals surface area contributed by atoms with Gasteiger partial charge in [0.05, 0.1) is 0 Å². The van der Waals surface area contributed by atoms with Gasteiger partial charge >= 0.3 is 41.5 Å². The second kappa shape index (κ2) is 22.2. The fraction of sp³-hybridized carbons (Fsp3) is 0.905. The SMILES string of the molecule is CCCCCCCCCCCCCCCCNC(CCC(=O)O)C(=O)O.[H-].[Na+]. The molecule has 0 amide bonds. The molecule has 0 fully saturated rings. The summed E-state index contributed by atoms with van der Waals surface area (Å²) in [5.41, 5.74) is 0. The van der Waals surface area contributed by atoms with Gasteiger partial charge in [0.25, 0.3) is 0 Å². The Morgan fingerprint density at radius 2 is 1.19 bits per heavy atom. The maximum absolute atomic E-state index is 11.0. The molecular formula is C21H42NNaO4. The van der Waals surface area contributed by atoms with Crippen molar-refractivity contribution in [2.45, 2.75) is 116 Å². The van der Waals surface area contributed by atoms with Gasteiger partial charge in [-0.2, -0.15) is 0 Å². The fourth-order valence-electron chi connectivity index (χ4n) is 3.18. The first-order chi connectivity index (χ1) is 12.6. The third-order valence-corrected chi connectivity index (χ3v) is 4.87.